The van der Waals surface area contributed by atoms with Crippen LogP contribution in [0.15, 0.2) is 0 Å². The van der Waals surface area contributed by atoms with Crippen molar-refractivity contribution in [1.82, 2.24) is 0 Å². The molecule has 0 rings (SSSR count). The number of ether oxygens (including phenoxy) is 2. The maximum atomic E-state index is 11.6. The number of alkyl halides is 2. The van der Waals surface area contributed by atoms with Crippen molar-refractivity contribution < 1.29 is 19.1 Å². The number of rotatable bonds is 7. The summed E-state index contributed by atoms with van der Waals surface area (Å²) in [4.78, 5) is 21.4. The van der Waals surface area contributed by atoms with Crippen LogP contribution in [0.5, 0.6) is 0 Å². The standard InChI is InChI=1S/C10H16Cl2O4/c1-3-15-8(13)7-10(12,5-6-11)9(14)16-4-2/h3-7H2,1-2H3. The van der Waals surface area contributed by atoms with Crippen molar-refractivity contribution in [1.29, 1.82) is 0 Å². The third-order valence-electron chi connectivity index (χ3n) is 1.86. The molecule has 0 radical (unpaired) electrons. The first-order valence-corrected chi connectivity index (χ1v) is 5.99. The fourth-order valence-electron chi connectivity index (χ4n) is 1.11. The molecule has 1 atom stereocenters. The molecule has 0 aliphatic rings. The second-order valence-corrected chi connectivity index (χ2v) is 4.21. The molecular weight excluding hydrogens is 255 g/mol. The van der Waals surface area contributed by atoms with Crippen LogP contribution in [-0.2, 0) is 19.1 Å². The van der Waals surface area contributed by atoms with Gasteiger partial charge in [0.15, 0.2) is 4.87 Å². The Morgan fingerprint density at radius 2 is 1.75 bits per heavy atom. The molecule has 0 aliphatic heterocycles. The van der Waals surface area contributed by atoms with E-state index in [1.165, 1.54) is 0 Å². The number of halogens is 2. The van der Waals surface area contributed by atoms with Gasteiger partial charge in [0.1, 0.15) is 0 Å². The van der Waals surface area contributed by atoms with Gasteiger partial charge in [-0.2, -0.15) is 0 Å². The van der Waals surface area contributed by atoms with Crippen molar-refractivity contribution in [3.8, 4) is 0 Å². The zero-order valence-electron chi connectivity index (χ0n) is 9.42. The van der Waals surface area contributed by atoms with E-state index >= 15 is 0 Å². The van der Waals surface area contributed by atoms with E-state index in [9.17, 15) is 9.59 Å². The summed E-state index contributed by atoms with van der Waals surface area (Å²) in [6, 6.07) is 0. The molecular formula is C10H16Cl2O4. The summed E-state index contributed by atoms with van der Waals surface area (Å²) in [5.74, 6) is -0.997. The van der Waals surface area contributed by atoms with Gasteiger partial charge in [-0.25, -0.2) is 0 Å². The van der Waals surface area contributed by atoms with Crippen LogP contribution in [0.25, 0.3) is 0 Å². The number of carbonyl (C=O) groups is 2. The normalized spacial score (nSPS) is 14.0. The Balaban J connectivity index is 4.54. The van der Waals surface area contributed by atoms with Gasteiger partial charge in [-0.05, 0) is 20.3 Å². The summed E-state index contributed by atoms with van der Waals surface area (Å²) in [5.41, 5.74) is 0. The molecule has 0 N–H and O–H groups in total. The molecule has 16 heavy (non-hydrogen) atoms. The third-order valence-corrected chi connectivity index (χ3v) is 2.53. The average molecular weight is 271 g/mol. The Labute approximate surface area is 105 Å². The van der Waals surface area contributed by atoms with Gasteiger partial charge in [0, 0.05) is 5.88 Å². The molecule has 0 aromatic heterocycles. The average Bonchev–Trinajstić information content (AvgIpc) is 2.18. The predicted molar refractivity (Wildman–Crippen MR) is 61.8 cm³/mol. The summed E-state index contributed by atoms with van der Waals surface area (Å²) in [7, 11) is 0. The molecule has 0 amide bonds. The zero-order chi connectivity index (χ0) is 12.6. The second-order valence-electron chi connectivity index (χ2n) is 3.11. The summed E-state index contributed by atoms with van der Waals surface area (Å²) >= 11 is 11.6. The lowest BCUT2D eigenvalue weighted by molar-refractivity contribution is -0.153. The summed E-state index contributed by atoms with van der Waals surface area (Å²) in [5, 5.41) is 0. The van der Waals surface area contributed by atoms with E-state index in [1.807, 2.05) is 0 Å². The fraction of sp³-hybridized carbons (Fsp3) is 0.800. The molecule has 0 saturated carbocycles. The van der Waals surface area contributed by atoms with E-state index in [-0.39, 0.29) is 31.9 Å². The highest BCUT2D eigenvalue weighted by Crippen LogP contribution is 2.27. The van der Waals surface area contributed by atoms with E-state index in [0.717, 1.165) is 0 Å². The van der Waals surface area contributed by atoms with E-state index in [4.69, 9.17) is 32.7 Å². The molecule has 0 aromatic rings. The van der Waals surface area contributed by atoms with Gasteiger partial charge in [-0.15, -0.1) is 23.2 Å². The van der Waals surface area contributed by atoms with Gasteiger partial charge in [-0.1, -0.05) is 0 Å². The Bertz CT molecular complexity index is 245. The number of hydrogen-bond acceptors (Lipinski definition) is 4. The lowest BCUT2D eigenvalue weighted by atomic mass is 10.0. The minimum atomic E-state index is -1.41. The van der Waals surface area contributed by atoms with Gasteiger partial charge in [0.2, 0.25) is 0 Å². The van der Waals surface area contributed by atoms with Crippen LogP contribution in [0, 0.1) is 0 Å². The second kappa shape index (κ2) is 7.74. The van der Waals surface area contributed by atoms with Crippen molar-refractivity contribution >= 4 is 35.1 Å². The van der Waals surface area contributed by atoms with Crippen LogP contribution in [0.3, 0.4) is 0 Å². The minimum absolute atomic E-state index is 0.160. The van der Waals surface area contributed by atoms with Crippen molar-refractivity contribution in [3.63, 3.8) is 0 Å². The van der Waals surface area contributed by atoms with Crippen molar-refractivity contribution in [3.05, 3.63) is 0 Å². The maximum Gasteiger partial charge on any atom is 0.327 e. The molecule has 0 fully saturated rings. The molecule has 94 valence electrons. The Morgan fingerprint density at radius 3 is 2.19 bits per heavy atom. The molecule has 4 nitrogen and oxygen atoms in total. The predicted octanol–water partition coefficient (Wildman–Crippen LogP) is 2.11. The lowest BCUT2D eigenvalue weighted by Crippen LogP contribution is -2.38. The molecule has 0 aliphatic carbocycles. The van der Waals surface area contributed by atoms with Crippen molar-refractivity contribution in [2.45, 2.75) is 31.6 Å². The molecule has 0 aromatic carbocycles. The summed E-state index contributed by atoms with van der Waals surface area (Å²) in [6.07, 6.45) is -0.0678. The Morgan fingerprint density at radius 1 is 1.19 bits per heavy atom. The molecule has 0 spiro atoms. The quantitative estimate of drug-likeness (QED) is 0.525. The highest BCUT2D eigenvalue weighted by molar-refractivity contribution is 6.35. The molecule has 0 saturated heterocycles. The lowest BCUT2D eigenvalue weighted by Gasteiger charge is -2.22. The van der Waals surface area contributed by atoms with Crippen LogP contribution >= 0.6 is 23.2 Å². The smallest absolute Gasteiger partial charge is 0.327 e. The van der Waals surface area contributed by atoms with Crippen LogP contribution in [0.1, 0.15) is 26.7 Å². The van der Waals surface area contributed by atoms with Crippen LogP contribution in [0.2, 0.25) is 0 Å². The molecule has 6 heteroatoms. The minimum Gasteiger partial charge on any atom is -0.466 e. The van der Waals surface area contributed by atoms with Gasteiger partial charge in [0.25, 0.3) is 0 Å². The van der Waals surface area contributed by atoms with Crippen molar-refractivity contribution in [2.24, 2.45) is 0 Å². The third kappa shape index (κ3) is 5.03. The number of esters is 2. The highest BCUT2D eigenvalue weighted by Gasteiger charge is 2.40. The van der Waals surface area contributed by atoms with Crippen molar-refractivity contribution in [2.75, 3.05) is 19.1 Å². The Hall–Kier alpha value is -0.480. The van der Waals surface area contributed by atoms with Gasteiger partial charge < -0.3 is 9.47 Å². The largest absolute Gasteiger partial charge is 0.466 e. The first kappa shape index (κ1) is 15.5. The topological polar surface area (TPSA) is 52.6 Å². The number of carbonyl (C=O) groups excluding carboxylic acids is 2. The van der Waals surface area contributed by atoms with Gasteiger partial charge in [-0.3, -0.25) is 9.59 Å². The SMILES string of the molecule is CCOC(=O)CC(Cl)(CCCl)C(=O)OCC. The highest BCUT2D eigenvalue weighted by atomic mass is 35.5. The number of hydrogen-bond donors (Lipinski definition) is 0. The monoisotopic (exact) mass is 270 g/mol. The fourth-order valence-corrected chi connectivity index (χ4v) is 1.79. The van der Waals surface area contributed by atoms with Gasteiger partial charge >= 0.3 is 11.9 Å². The van der Waals surface area contributed by atoms with E-state index < -0.39 is 16.8 Å². The first-order valence-electron chi connectivity index (χ1n) is 5.07. The van der Waals surface area contributed by atoms with E-state index in [2.05, 4.69) is 0 Å². The molecule has 0 bridgehead atoms. The first-order chi connectivity index (χ1) is 7.50. The zero-order valence-corrected chi connectivity index (χ0v) is 10.9. The van der Waals surface area contributed by atoms with E-state index in [0.29, 0.717) is 0 Å². The summed E-state index contributed by atoms with van der Waals surface area (Å²) in [6.45, 7) is 3.80. The maximum absolute atomic E-state index is 11.6. The van der Waals surface area contributed by atoms with Crippen LogP contribution < -0.4 is 0 Å². The summed E-state index contributed by atoms with van der Waals surface area (Å²) < 4.78 is 9.54. The molecule has 0 heterocycles. The molecule has 1 unspecified atom stereocenters. The Kier molecular flexibility index (Phi) is 7.51. The van der Waals surface area contributed by atoms with Gasteiger partial charge in [0.05, 0.1) is 19.6 Å². The van der Waals surface area contributed by atoms with Crippen LogP contribution in [0.4, 0.5) is 0 Å². The van der Waals surface area contributed by atoms with E-state index in [1.54, 1.807) is 13.8 Å². The van der Waals surface area contributed by atoms with Crippen LogP contribution in [-0.4, -0.2) is 35.9 Å².